The van der Waals surface area contributed by atoms with Gasteiger partial charge in [-0.05, 0) is 19.8 Å². The first-order valence-electron chi connectivity index (χ1n) is 6.53. The zero-order chi connectivity index (χ0) is 14.5. The van der Waals surface area contributed by atoms with E-state index in [0.717, 1.165) is 13.1 Å². The van der Waals surface area contributed by atoms with Gasteiger partial charge in [-0.15, -0.1) is 0 Å². The maximum atomic E-state index is 12.0. The van der Waals surface area contributed by atoms with Crippen LogP contribution in [0.3, 0.4) is 0 Å². The Balaban J connectivity index is 2.21. The molecule has 0 spiro atoms. The molecule has 1 atom stereocenters. The maximum absolute atomic E-state index is 12.0. The molecule has 0 aromatic carbocycles. The van der Waals surface area contributed by atoms with Gasteiger partial charge in [-0.3, -0.25) is 14.6 Å². The van der Waals surface area contributed by atoms with Gasteiger partial charge in [0.2, 0.25) is 0 Å². The van der Waals surface area contributed by atoms with Gasteiger partial charge in [0.15, 0.2) is 0 Å². The number of carbonyl (C=O) groups is 1. The minimum Gasteiger partial charge on any atom is -0.480 e. The second-order valence-corrected chi connectivity index (χ2v) is 5.06. The number of rotatable bonds is 6. The Kier molecular flexibility index (Phi) is 6.06. The van der Waals surface area contributed by atoms with Gasteiger partial charge in [-0.2, -0.15) is 13.2 Å². The third-order valence-electron chi connectivity index (χ3n) is 3.47. The smallest absolute Gasteiger partial charge is 0.389 e. The molecular formula is C12H21F3N2O2. The fourth-order valence-electron chi connectivity index (χ4n) is 2.33. The van der Waals surface area contributed by atoms with E-state index < -0.39 is 18.6 Å². The molecule has 7 heteroatoms. The summed E-state index contributed by atoms with van der Waals surface area (Å²) in [7, 11) is 0. The monoisotopic (exact) mass is 282 g/mol. The molecule has 19 heavy (non-hydrogen) atoms. The van der Waals surface area contributed by atoms with Gasteiger partial charge in [-0.25, -0.2) is 0 Å². The minimum absolute atomic E-state index is 0.0380. The van der Waals surface area contributed by atoms with Crippen LogP contribution in [0.5, 0.6) is 0 Å². The first kappa shape index (κ1) is 16.2. The van der Waals surface area contributed by atoms with Crippen LogP contribution in [-0.4, -0.2) is 65.8 Å². The number of aliphatic carboxylic acids is 1. The van der Waals surface area contributed by atoms with Gasteiger partial charge in [-0.1, -0.05) is 0 Å². The highest BCUT2D eigenvalue weighted by atomic mass is 19.4. The van der Waals surface area contributed by atoms with Crippen molar-refractivity contribution < 1.29 is 23.1 Å². The van der Waals surface area contributed by atoms with Crippen LogP contribution in [0.2, 0.25) is 0 Å². The van der Waals surface area contributed by atoms with Gasteiger partial charge < -0.3 is 5.11 Å². The van der Waals surface area contributed by atoms with Crippen molar-refractivity contribution in [2.24, 2.45) is 0 Å². The van der Waals surface area contributed by atoms with Crippen LogP contribution in [0.4, 0.5) is 13.2 Å². The Morgan fingerprint density at radius 3 is 2.32 bits per heavy atom. The summed E-state index contributed by atoms with van der Waals surface area (Å²) >= 11 is 0. The zero-order valence-electron chi connectivity index (χ0n) is 11.1. The van der Waals surface area contributed by atoms with Crippen LogP contribution in [0.15, 0.2) is 0 Å². The van der Waals surface area contributed by atoms with Crippen molar-refractivity contribution in [1.82, 2.24) is 9.80 Å². The van der Waals surface area contributed by atoms with Gasteiger partial charge in [0.05, 0.1) is 6.54 Å². The molecule has 1 N–H and O–H groups in total. The first-order chi connectivity index (χ1) is 8.78. The molecule has 4 nitrogen and oxygen atoms in total. The molecule has 1 fully saturated rings. The lowest BCUT2D eigenvalue weighted by molar-refractivity contribution is -0.138. The average molecular weight is 282 g/mol. The number of nitrogens with zero attached hydrogens (tertiary/aromatic N) is 2. The summed E-state index contributed by atoms with van der Waals surface area (Å²) in [6.07, 6.45) is -4.12. The Bertz CT molecular complexity index is 289. The van der Waals surface area contributed by atoms with E-state index in [4.69, 9.17) is 5.11 Å². The van der Waals surface area contributed by atoms with Crippen molar-refractivity contribution in [3.8, 4) is 0 Å². The number of carboxylic acid groups (broad SMARTS) is 1. The van der Waals surface area contributed by atoms with E-state index in [2.05, 4.69) is 4.90 Å². The van der Waals surface area contributed by atoms with E-state index in [9.17, 15) is 18.0 Å². The second kappa shape index (κ2) is 7.09. The number of hydrogen-bond acceptors (Lipinski definition) is 3. The number of carboxylic acids is 1. The van der Waals surface area contributed by atoms with Crippen LogP contribution in [-0.2, 0) is 4.79 Å². The molecule has 1 aliphatic rings. The van der Waals surface area contributed by atoms with E-state index in [1.165, 1.54) is 0 Å². The molecule has 1 heterocycles. The molecule has 1 rings (SSSR count). The molecule has 0 saturated carbocycles. The SMILES string of the molecule is CC(CCCC(F)(F)F)N1CCN(CC(=O)O)CC1. The quantitative estimate of drug-likeness (QED) is 0.807. The molecule has 0 bridgehead atoms. The summed E-state index contributed by atoms with van der Waals surface area (Å²) in [5, 5.41) is 8.67. The van der Waals surface area contributed by atoms with Gasteiger partial charge >= 0.3 is 12.1 Å². The Morgan fingerprint density at radius 1 is 1.26 bits per heavy atom. The number of piperazine rings is 1. The summed E-state index contributed by atoms with van der Waals surface area (Å²) in [4.78, 5) is 14.5. The Labute approximate surface area is 111 Å². The lowest BCUT2D eigenvalue weighted by atomic mass is 10.1. The summed E-state index contributed by atoms with van der Waals surface area (Å²) in [5.41, 5.74) is 0. The fourth-order valence-corrected chi connectivity index (χ4v) is 2.33. The third kappa shape index (κ3) is 6.77. The molecule has 0 aromatic rings. The maximum Gasteiger partial charge on any atom is 0.389 e. The lowest BCUT2D eigenvalue weighted by Gasteiger charge is -2.37. The highest BCUT2D eigenvalue weighted by Gasteiger charge is 2.27. The van der Waals surface area contributed by atoms with Crippen molar-refractivity contribution in [3.05, 3.63) is 0 Å². The second-order valence-electron chi connectivity index (χ2n) is 5.06. The summed E-state index contributed by atoms with van der Waals surface area (Å²) < 4.78 is 36.1. The van der Waals surface area contributed by atoms with Crippen LogP contribution in [0, 0.1) is 0 Å². The third-order valence-corrected chi connectivity index (χ3v) is 3.47. The summed E-state index contributed by atoms with van der Waals surface area (Å²) in [6, 6.07) is 0.120. The predicted molar refractivity (Wildman–Crippen MR) is 65.0 cm³/mol. The predicted octanol–water partition coefficient (Wildman–Crippen LogP) is 1.81. The highest BCUT2D eigenvalue weighted by Crippen LogP contribution is 2.23. The first-order valence-corrected chi connectivity index (χ1v) is 6.53. The largest absolute Gasteiger partial charge is 0.480 e. The Hall–Kier alpha value is -0.820. The molecule has 112 valence electrons. The molecule has 0 amide bonds. The Morgan fingerprint density at radius 2 is 1.84 bits per heavy atom. The number of halogens is 3. The molecule has 1 saturated heterocycles. The molecule has 0 radical (unpaired) electrons. The molecule has 0 aliphatic carbocycles. The van der Waals surface area contributed by atoms with E-state index in [0.29, 0.717) is 19.5 Å². The van der Waals surface area contributed by atoms with Crippen LogP contribution in [0.25, 0.3) is 0 Å². The standard InChI is InChI=1S/C12H21F3N2O2/c1-10(3-2-4-12(13,14)15)17-7-5-16(6-8-17)9-11(18)19/h10H,2-9H2,1H3,(H,18,19). The normalized spacial score (nSPS) is 20.4. The number of alkyl halides is 3. The van der Waals surface area contributed by atoms with E-state index >= 15 is 0 Å². The fraction of sp³-hybridized carbons (Fsp3) is 0.917. The van der Waals surface area contributed by atoms with Crippen molar-refractivity contribution in [2.45, 2.75) is 38.4 Å². The highest BCUT2D eigenvalue weighted by molar-refractivity contribution is 5.69. The summed E-state index contributed by atoms with van der Waals surface area (Å²) in [6.45, 7) is 4.74. The zero-order valence-corrected chi connectivity index (χ0v) is 11.1. The van der Waals surface area contributed by atoms with Crippen molar-refractivity contribution >= 4 is 5.97 Å². The average Bonchev–Trinajstić information content (AvgIpc) is 2.27. The van der Waals surface area contributed by atoms with Crippen LogP contribution < -0.4 is 0 Å². The van der Waals surface area contributed by atoms with E-state index in [1.54, 1.807) is 0 Å². The number of hydrogen-bond donors (Lipinski definition) is 1. The molecular weight excluding hydrogens is 261 g/mol. The molecule has 0 aromatic heterocycles. The van der Waals surface area contributed by atoms with Gasteiger partial charge in [0.25, 0.3) is 0 Å². The van der Waals surface area contributed by atoms with Crippen molar-refractivity contribution in [1.29, 1.82) is 0 Å². The van der Waals surface area contributed by atoms with Gasteiger partial charge in [0, 0.05) is 38.6 Å². The van der Waals surface area contributed by atoms with Crippen molar-refractivity contribution in [3.63, 3.8) is 0 Å². The summed E-state index contributed by atoms with van der Waals surface area (Å²) in [5.74, 6) is -0.841. The van der Waals surface area contributed by atoms with Crippen LogP contribution >= 0.6 is 0 Å². The molecule has 1 unspecified atom stereocenters. The van der Waals surface area contributed by atoms with E-state index in [-0.39, 0.29) is 19.0 Å². The van der Waals surface area contributed by atoms with Gasteiger partial charge in [0.1, 0.15) is 0 Å². The van der Waals surface area contributed by atoms with Crippen molar-refractivity contribution in [2.75, 3.05) is 32.7 Å². The minimum atomic E-state index is -4.07. The lowest BCUT2D eigenvalue weighted by Crippen LogP contribution is -2.50. The van der Waals surface area contributed by atoms with Crippen LogP contribution in [0.1, 0.15) is 26.2 Å². The molecule has 1 aliphatic heterocycles. The van der Waals surface area contributed by atoms with E-state index in [1.807, 2.05) is 11.8 Å². The topological polar surface area (TPSA) is 43.8 Å².